The molecule has 2 aromatic rings. The first-order chi connectivity index (χ1) is 11.6. The lowest BCUT2D eigenvalue weighted by Crippen LogP contribution is -2.30. The van der Waals surface area contributed by atoms with Crippen LogP contribution in [0.15, 0.2) is 29.6 Å². The van der Waals surface area contributed by atoms with E-state index >= 15 is 0 Å². The molecule has 0 unspecified atom stereocenters. The highest BCUT2D eigenvalue weighted by molar-refractivity contribution is 7.09. The molecular weight excluding hydrogens is 324 g/mol. The van der Waals surface area contributed by atoms with Crippen molar-refractivity contribution in [2.45, 2.75) is 33.4 Å². The normalized spacial score (nSPS) is 10.6. The molecule has 0 atom stereocenters. The molecule has 130 valence electrons. The summed E-state index contributed by atoms with van der Waals surface area (Å²) in [5, 5.41) is 2.90. The highest BCUT2D eigenvalue weighted by Gasteiger charge is 2.12. The van der Waals surface area contributed by atoms with Gasteiger partial charge in [-0.2, -0.15) is 0 Å². The first kappa shape index (κ1) is 18.4. The fourth-order valence-electron chi connectivity index (χ4n) is 2.28. The van der Waals surface area contributed by atoms with Gasteiger partial charge in [-0.25, -0.2) is 4.98 Å². The van der Waals surface area contributed by atoms with Crippen molar-refractivity contribution in [3.8, 4) is 5.75 Å². The van der Waals surface area contributed by atoms with Gasteiger partial charge in [0.1, 0.15) is 17.4 Å². The van der Waals surface area contributed by atoms with E-state index in [0.717, 1.165) is 22.9 Å². The Bertz CT molecular complexity index is 657. The SMILES string of the molecule is COCCCN(Cc1csc(COc2cccc(C)c2)n1)C(C)=O. The van der Waals surface area contributed by atoms with Crippen LogP contribution in [-0.2, 0) is 22.7 Å². The van der Waals surface area contributed by atoms with Crippen molar-refractivity contribution >= 4 is 17.2 Å². The number of amides is 1. The van der Waals surface area contributed by atoms with E-state index in [-0.39, 0.29) is 5.91 Å². The molecule has 5 nitrogen and oxygen atoms in total. The molecular formula is C18H24N2O3S. The molecule has 6 heteroatoms. The van der Waals surface area contributed by atoms with E-state index in [2.05, 4.69) is 4.98 Å². The molecule has 0 saturated heterocycles. The number of benzene rings is 1. The second-order valence-corrected chi connectivity index (χ2v) is 6.57. The summed E-state index contributed by atoms with van der Waals surface area (Å²) in [6.45, 7) is 5.92. The molecule has 1 aromatic heterocycles. The summed E-state index contributed by atoms with van der Waals surface area (Å²) in [5.41, 5.74) is 2.07. The van der Waals surface area contributed by atoms with Crippen molar-refractivity contribution < 1.29 is 14.3 Å². The van der Waals surface area contributed by atoms with Crippen LogP contribution in [0, 0.1) is 6.92 Å². The van der Waals surface area contributed by atoms with Gasteiger partial charge >= 0.3 is 0 Å². The lowest BCUT2D eigenvalue weighted by molar-refractivity contribution is -0.129. The molecule has 2 rings (SSSR count). The van der Waals surface area contributed by atoms with Crippen LogP contribution in [-0.4, -0.2) is 36.1 Å². The maximum atomic E-state index is 11.7. The Morgan fingerprint density at radius 1 is 1.38 bits per heavy atom. The van der Waals surface area contributed by atoms with E-state index in [1.165, 1.54) is 5.56 Å². The Labute approximate surface area is 147 Å². The van der Waals surface area contributed by atoms with Crippen LogP contribution in [0.5, 0.6) is 5.75 Å². The maximum absolute atomic E-state index is 11.7. The van der Waals surface area contributed by atoms with Gasteiger partial charge in [0.15, 0.2) is 0 Å². The lowest BCUT2D eigenvalue weighted by atomic mass is 10.2. The van der Waals surface area contributed by atoms with Gasteiger partial charge in [0.2, 0.25) is 5.91 Å². The Balaban J connectivity index is 1.88. The number of hydrogen-bond acceptors (Lipinski definition) is 5. The number of thiazole rings is 1. The van der Waals surface area contributed by atoms with E-state index in [1.54, 1.807) is 30.3 Å². The minimum absolute atomic E-state index is 0.0525. The van der Waals surface area contributed by atoms with Crippen molar-refractivity contribution in [3.05, 3.63) is 45.9 Å². The molecule has 0 fully saturated rings. The Morgan fingerprint density at radius 3 is 2.92 bits per heavy atom. The largest absolute Gasteiger partial charge is 0.486 e. The van der Waals surface area contributed by atoms with Crippen molar-refractivity contribution in [2.75, 3.05) is 20.3 Å². The fraction of sp³-hybridized carbons (Fsp3) is 0.444. The van der Waals surface area contributed by atoms with Crippen molar-refractivity contribution in [1.82, 2.24) is 9.88 Å². The average Bonchev–Trinajstić information content (AvgIpc) is 3.00. The Hall–Kier alpha value is -1.92. The molecule has 0 aliphatic heterocycles. The number of hydrogen-bond donors (Lipinski definition) is 0. The van der Waals surface area contributed by atoms with Gasteiger partial charge in [-0.3, -0.25) is 4.79 Å². The molecule has 1 amide bonds. The van der Waals surface area contributed by atoms with Crippen LogP contribution in [0.1, 0.15) is 29.6 Å². The molecule has 1 heterocycles. The van der Waals surface area contributed by atoms with Gasteiger partial charge in [-0.05, 0) is 31.0 Å². The number of nitrogens with zero attached hydrogens (tertiary/aromatic N) is 2. The predicted molar refractivity (Wildman–Crippen MR) is 95.2 cm³/mol. The number of ether oxygens (including phenoxy) is 2. The highest BCUT2D eigenvalue weighted by atomic mass is 32.1. The van der Waals surface area contributed by atoms with Crippen molar-refractivity contribution in [1.29, 1.82) is 0 Å². The first-order valence-electron chi connectivity index (χ1n) is 7.95. The van der Waals surface area contributed by atoms with E-state index in [1.807, 2.05) is 36.6 Å². The molecule has 0 spiro atoms. The standard InChI is InChI=1S/C18H24N2O3S/c1-14-6-4-7-17(10-14)23-12-18-19-16(13-24-18)11-20(15(2)21)8-5-9-22-3/h4,6-7,10,13H,5,8-9,11-12H2,1-3H3. The number of aryl methyl sites for hydroxylation is 1. The topological polar surface area (TPSA) is 51.7 Å². The summed E-state index contributed by atoms with van der Waals surface area (Å²) in [6.07, 6.45) is 0.823. The van der Waals surface area contributed by atoms with Crippen molar-refractivity contribution in [3.63, 3.8) is 0 Å². The van der Waals surface area contributed by atoms with E-state index in [9.17, 15) is 4.79 Å². The monoisotopic (exact) mass is 348 g/mol. The highest BCUT2D eigenvalue weighted by Crippen LogP contribution is 2.17. The fourth-order valence-corrected chi connectivity index (χ4v) is 2.98. The van der Waals surface area contributed by atoms with Crippen LogP contribution >= 0.6 is 11.3 Å². The summed E-state index contributed by atoms with van der Waals surface area (Å²) < 4.78 is 10.8. The third-order valence-corrected chi connectivity index (χ3v) is 4.40. The summed E-state index contributed by atoms with van der Waals surface area (Å²) in [5.74, 6) is 0.897. The van der Waals surface area contributed by atoms with Crippen LogP contribution in [0.3, 0.4) is 0 Å². The van der Waals surface area contributed by atoms with E-state index in [4.69, 9.17) is 9.47 Å². The number of carbonyl (C=O) groups excluding carboxylic acids is 1. The van der Waals surface area contributed by atoms with Crippen LogP contribution in [0.25, 0.3) is 0 Å². The quantitative estimate of drug-likeness (QED) is 0.652. The van der Waals surface area contributed by atoms with E-state index in [0.29, 0.717) is 26.3 Å². The minimum Gasteiger partial charge on any atom is -0.486 e. The summed E-state index contributed by atoms with van der Waals surface area (Å²) in [7, 11) is 1.67. The number of methoxy groups -OCH3 is 1. The lowest BCUT2D eigenvalue weighted by Gasteiger charge is -2.19. The molecule has 0 aliphatic rings. The minimum atomic E-state index is 0.0525. The Kier molecular flexibility index (Phi) is 7.21. The predicted octanol–water partition coefficient (Wildman–Crippen LogP) is 3.42. The third kappa shape index (κ3) is 5.94. The Morgan fingerprint density at radius 2 is 2.21 bits per heavy atom. The second kappa shape index (κ2) is 9.39. The van der Waals surface area contributed by atoms with Gasteiger partial charge in [0.05, 0.1) is 12.2 Å². The molecule has 0 aliphatic carbocycles. The van der Waals surface area contributed by atoms with Gasteiger partial charge in [0.25, 0.3) is 0 Å². The molecule has 0 saturated carbocycles. The molecule has 24 heavy (non-hydrogen) atoms. The molecule has 1 aromatic carbocycles. The van der Waals surface area contributed by atoms with Gasteiger partial charge in [-0.1, -0.05) is 12.1 Å². The summed E-state index contributed by atoms with van der Waals surface area (Å²) in [6, 6.07) is 7.95. The smallest absolute Gasteiger partial charge is 0.219 e. The van der Waals surface area contributed by atoms with Crippen molar-refractivity contribution in [2.24, 2.45) is 0 Å². The van der Waals surface area contributed by atoms with Crippen LogP contribution in [0.4, 0.5) is 0 Å². The zero-order chi connectivity index (χ0) is 17.4. The van der Waals surface area contributed by atoms with Gasteiger partial charge in [-0.15, -0.1) is 11.3 Å². The summed E-state index contributed by atoms with van der Waals surface area (Å²) in [4.78, 5) is 18.1. The van der Waals surface area contributed by atoms with Gasteiger partial charge in [0, 0.05) is 32.6 Å². The third-order valence-electron chi connectivity index (χ3n) is 3.53. The zero-order valence-corrected chi connectivity index (χ0v) is 15.3. The zero-order valence-electron chi connectivity index (χ0n) is 14.4. The molecule has 0 bridgehead atoms. The maximum Gasteiger partial charge on any atom is 0.219 e. The number of carbonyl (C=O) groups is 1. The van der Waals surface area contributed by atoms with Gasteiger partial charge < -0.3 is 14.4 Å². The molecule has 0 radical (unpaired) electrons. The average molecular weight is 348 g/mol. The van der Waals surface area contributed by atoms with Crippen LogP contribution in [0.2, 0.25) is 0 Å². The molecule has 0 N–H and O–H groups in total. The second-order valence-electron chi connectivity index (χ2n) is 5.62. The number of aromatic nitrogens is 1. The first-order valence-corrected chi connectivity index (χ1v) is 8.83. The van der Waals surface area contributed by atoms with Crippen LogP contribution < -0.4 is 4.74 Å². The summed E-state index contributed by atoms with van der Waals surface area (Å²) >= 11 is 1.56. The number of rotatable bonds is 9. The van der Waals surface area contributed by atoms with E-state index < -0.39 is 0 Å².